The minimum absolute atomic E-state index is 0.0146. The number of nitrogens with one attached hydrogen (secondary N) is 1. The quantitative estimate of drug-likeness (QED) is 0.806. The predicted molar refractivity (Wildman–Crippen MR) is 109 cm³/mol. The van der Waals surface area contributed by atoms with Crippen molar-refractivity contribution < 1.29 is 13.2 Å². The van der Waals surface area contributed by atoms with Crippen LogP contribution in [0.3, 0.4) is 0 Å². The van der Waals surface area contributed by atoms with Crippen molar-refractivity contribution in [2.24, 2.45) is 13.0 Å². The summed E-state index contributed by atoms with van der Waals surface area (Å²) >= 11 is 0. The third-order valence-corrected chi connectivity index (χ3v) is 7.35. The summed E-state index contributed by atoms with van der Waals surface area (Å²) in [6.45, 7) is 4.84. The lowest BCUT2D eigenvalue weighted by molar-refractivity contribution is -0.126. The highest BCUT2D eigenvalue weighted by Crippen LogP contribution is 2.25. The van der Waals surface area contributed by atoms with Crippen LogP contribution in [0.5, 0.6) is 0 Å². The number of hydrogen-bond acceptors (Lipinski definition) is 3. The molecule has 28 heavy (non-hydrogen) atoms. The molecule has 152 valence electrons. The largest absolute Gasteiger partial charge is 0.356 e. The van der Waals surface area contributed by atoms with Crippen molar-refractivity contribution in [2.75, 3.05) is 13.1 Å². The summed E-state index contributed by atoms with van der Waals surface area (Å²) in [7, 11) is -1.68. The van der Waals surface area contributed by atoms with Crippen molar-refractivity contribution in [2.45, 2.75) is 44.0 Å². The monoisotopic (exact) mass is 403 g/mol. The van der Waals surface area contributed by atoms with Gasteiger partial charge in [0.15, 0.2) is 0 Å². The van der Waals surface area contributed by atoms with Gasteiger partial charge in [0.1, 0.15) is 0 Å². The number of nitrogens with zero attached hydrogens (tertiary/aromatic N) is 2. The van der Waals surface area contributed by atoms with Crippen molar-refractivity contribution in [1.82, 2.24) is 14.2 Å². The highest BCUT2D eigenvalue weighted by atomic mass is 32.2. The van der Waals surface area contributed by atoms with E-state index in [0.717, 1.165) is 12.0 Å². The molecule has 2 aromatic rings. The van der Waals surface area contributed by atoms with Crippen LogP contribution in [-0.2, 0) is 21.9 Å². The zero-order valence-electron chi connectivity index (χ0n) is 16.8. The Morgan fingerprint density at radius 3 is 2.36 bits per heavy atom. The van der Waals surface area contributed by atoms with E-state index in [4.69, 9.17) is 0 Å². The lowest BCUT2D eigenvalue weighted by Gasteiger charge is -2.31. The van der Waals surface area contributed by atoms with E-state index in [0.29, 0.717) is 30.8 Å². The van der Waals surface area contributed by atoms with Gasteiger partial charge in [-0.1, -0.05) is 36.8 Å². The van der Waals surface area contributed by atoms with Gasteiger partial charge in [-0.3, -0.25) is 4.79 Å². The van der Waals surface area contributed by atoms with Crippen molar-refractivity contribution in [1.29, 1.82) is 0 Å². The van der Waals surface area contributed by atoms with Crippen LogP contribution < -0.4 is 5.32 Å². The molecule has 1 aromatic heterocycles. The molecule has 0 radical (unpaired) electrons. The molecule has 0 aliphatic carbocycles. The summed E-state index contributed by atoms with van der Waals surface area (Å²) in [5.74, 6) is -0.133. The molecule has 1 N–H and O–H groups in total. The molecule has 0 spiro atoms. The lowest BCUT2D eigenvalue weighted by atomic mass is 9.95. The first-order chi connectivity index (χ1) is 13.3. The van der Waals surface area contributed by atoms with Gasteiger partial charge in [0.25, 0.3) is 0 Å². The van der Waals surface area contributed by atoms with Gasteiger partial charge in [0.05, 0.1) is 10.9 Å². The SMILES string of the molecule is CCC(NC(=O)C1CCN(S(=O)(=O)c2ccn(C)c2)CC1)c1ccc(C)cc1. The number of sulfonamides is 1. The van der Waals surface area contributed by atoms with Gasteiger partial charge in [-0.15, -0.1) is 0 Å². The standard InChI is InChI=1S/C21H29N3O3S/c1-4-20(17-7-5-16(2)6-8-17)22-21(25)18-9-13-24(14-10-18)28(26,27)19-11-12-23(3)15-19/h5-8,11-12,15,18,20H,4,9-10,13-14H2,1-3H3,(H,22,25). The Kier molecular flexibility index (Phi) is 6.25. The first kappa shape index (κ1) is 20.6. The Morgan fingerprint density at radius 2 is 1.82 bits per heavy atom. The minimum atomic E-state index is -3.48. The summed E-state index contributed by atoms with van der Waals surface area (Å²) in [5.41, 5.74) is 2.29. The molecule has 0 saturated carbocycles. The fourth-order valence-electron chi connectivity index (χ4n) is 3.65. The minimum Gasteiger partial charge on any atom is -0.356 e. The number of hydrogen-bond donors (Lipinski definition) is 1. The molecule has 0 bridgehead atoms. The summed E-state index contributed by atoms with van der Waals surface area (Å²) in [6.07, 6.45) is 5.24. The zero-order valence-corrected chi connectivity index (χ0v) is 17.6. The van der Waals surface area contributed by atoms with Crippen molar-refractivity contribution in [3.05, 3.63) is 53.9 Å². The van der Waals surface area contributed by atoms with E-state index in [-0.39, 0.29) is 17.9 Å². The lowest BCUT2D eigenvalue weighted by Crippen LogP contribution is -2.43. The maximum absolute atomic E-state index is 12.8. The summed E-state index contributed by atoms with van der Waals surface area (Å²) in [5, 5.41) is 3.15. The van der Waals surface area contributed by atoms with E-state index >= 15 is 0 Å². The molecule has 1 atom stereocenters. The Morgan fingerprint density at radius 1 is 1.18 bits per heavy atom. The van der Waals surface area contributed by atoms with Crippen molar-refractivity contribution >= 4 is 15.9 Å². The molecular weight excluding hydrogens is 374 g/mol. The van der Waals surface area contributed by atoms with Gasteiger partial charge in [0.2, 0.25) is 15.9 Å². The number of carbonyl (C=O) groups excluding carboxylic acids is 1. The van der Waals surface area contributed by atoms with E-state index in [1.807, 2.05) is 6.92 Å². The van der Waals surface area contributed by atoms with Crippen molar-refractivity contribution in [3.63, 3.8) is 0 Å². The molecular formula is C21H29N3O3S. The Labute approximate surface area is 167 Å². The Hall–Kier alpha value is -2.12. The number of piperidine rings is 1. The topological polar surface area (TPSA) is 71.4 Å². The molecule has 1 aliphatic heterocycles. The van der Waals surface area contributed by atoms with Gasteiger partial charge in [-0.2, -0.15) is 4.31 Å². The molecule has 7 heteroatoms. The second-order valence-corrected chi connectivity index (χ2v) is 9.51. The average molecular weight is 404 g/mol. The van der Waals surface area contributed by atoms with E-state index < -0.39 is 10.0 Å². The Balaban J connectivity index is 1.59. The number of aryl methyl sites for hydroxylation is 2. The average Bonchev–Trinajstić information content (AvgIpc) is 3.14. The van der Waals surface area contributed by atoms with Crippen LogP contribution in [0, 0.1) is 12.8 Å². The second kappa shape index (κ2) is 8.49. The zero-order chi connectivity index (χ0) is 20.3. The van der Waals surface area contributed by atoms with E-state index in [9.17, 15) is 13.2 Å². The highest BCUT2D eigenvalue weighted by molar-refractivity contribution is 7.89. The fraction of sp³-hybridized carbons (Fsp3) is 0.476. The molecule has 6 nitrogen and oxygen atoms in total. The number of benzene rings is 1. The molecule has 3 rings (SSSR count). The summed E-state index contributed by atoms with van der Waals surface area (Å²) in [6, 6.07) is 9.81. The third-order valence-electron chi connectivity index (χ3n) is 5.47. The van der Waals surface area contributed by atoms with Crippen LogP contribution >= 0.6 is 0 Å². The van der Waals surface area contributed by atoms with E-state index in [2.05, 4.69) is 36.5 Å². The summed E-state index contributed by atoms with van der Waals surface area (Å²) < 4.78 is 28.7. The molecule has 2 heterocycles. The molecule has 1 aliphatic rings. The van der Waals surface area contributed by atoms with Crippen LogP contribution in [0.1, 0.15) is 43.4 Å². The normalized spacial score (nSPS) is 17.4. The van der Waals surface area contributed by atoms with Gasteiger partial charge in [0, 0.05) is 38.4 Å². The predicted octanol–water partition coefficient (Wildman–Crippen LogP) is 3.00. The van der Waals surface area contributed by atoms with Crippen molar-refractivity contribution in [3.8, 4) is 0 Å². The highest BCUT2D eigenvalue weighted by Gasteiger charge is 2.33. The molecule has 1 aromatic carbocycles. The first-order valence-corrected chi connectivity index (χ1v) is 11.2. The number of amides is 1. The Bertz CT molecular complexity index is 911. The van der Waals surface area contributed by atoms with E-state index in [1.54, 1.807) is 30.1 Å². The second-order valence-electron chi connectivity index (χ2n) is 7.57. The first-order valence-electron chi connectivity index (χ1n) is 9.80. The van der Waals surface area contributed by atoms with Gasteiger partial charge < -0.3 is 9.88 Å². The van der Waals surface area contributed by atoms with Crippen LogP contribution in [0.15, 0.2) is 47.6 Å². The number of carbonyl (C=O) groups is 1. The maximum atomic E-state index is 12.8. The third kappa shape index (κ3) is 4.47. The molecule has 1 unspecified atom stereocenters. The van der Waals surface area contributed by atoms with Gasteiger partial charge >= 0.3 is 0 Å². The molecule has 1 fully saturated rings. The van der Waals surface area contributed by atoms with Gasteiger partial charge in [-0.05, 0) is 37.8 Å². The van der Waals surface area contributed by atoms with Crippen LogP contribution in [-0.4, -0.2) is 36.3 Å². The van der Waals surface area contributed by atoms with Gasteiger partial charge in [-0.25, -0.2) is 8.42 Å². The fourth-order valence-corrected chi connectivity index (χ4v) is 5.17. The molecule has 1 amide bonds. The summed E-state index contributed by atoms with van der Waals surface area (Å²) in [4.78, 5) is 13.1. The smallest absolute Gasteiger partial charge is 0.244 e. The number of aromatic nitrogens is 1. The van der Waals surface area contributed by atoms with E-state index in [1.165, 1.54) is 9.87 Å². The molecule has 1 saturated heterocycles. The van der Waals surface area contributed by atoms with Crippen LogP contribution in [0.2, 0.25) is 0 Å². The number of rotatable bonds is 6. The maximum Gasteiger partial charge on any atom is 0.244 e. The van der Waals surface area contributed by atoms with Crippen LogP contribution in [0.25, 0.3) is 0 Å². The van der Waals surface area contributed by atoms with Crippen LogP contribution in [0.4, 0.5) is 0 Å².